The SMILES string of the molecule is O=C(c1ccoc1)N1CCCN(c2cc(C3CC3)ncn2)CC1. The van der Waals surface area contributed by atoms with Crippen molar-refractivity contribution >= 4 is 11.7 Å². The maximum Gasteiger partial charge on any atom is 0.257 e. The van der Waals surface area contributed by atoms with Crippen LogP contribution in [0, 0.1) is 0 Å². The average molecular weight is 312 g/mol. The van der Waals surface area contributed by atoms with Crippen molar-refractivity contribution in [3.05, 3.63) is 42.2 Å². The van der Waals surface area contributed by atoms with E-state index in [4.69, 9.17) is 4.42 Å². The van der Waals surface area contributed by atoms with Gasteiger partial charge < -0.3 is 14.2 Å². The van der Waals surface area contributed by atoms with E-state index >= 15 is 0 Å². The molecular formula is C17H20N4O2. The summed E-state index contributed by atoms with van der Waals surface area (Å²) in [7, 11) is 0. The van der Waals surface area contributed by atoms with Gasteiger partial charge in [0.1, 0.15) is 18.4 Å². The van der Waals surface area contributed by atoms with Gasteiger partial charge >= 0.3 is 0 Å². The molecule has 6 heteroatoms. The van der Waals surface area contributed by atoms with Gasteiger partial charge in [-0.1, -0.05) is 0 Å². The molecule has 0 radical (unpaired) electrons. The first-order valence-electron chi connectivity index (χ1n) is 8.19. The van der Waals surface area contributed by atoms with E-state index in [1.165, 1.54) is 25.4 Å². The lowest BCUT2D eigenvalue weighted by atomic mass is 10.2. The number of rotatable bonds is 3. The molecule has 2 fully saturated rings. The molecule has 2 aromatic heterocycles. The number of furan rings is 1. The van der Waals surface area contributed by atoms with Crippen LogP contribution in [-0.2, 0) is 0 Å². The van der Waals surface area contributed by atoms with Gasteiger partial charge in [0.15, 0.2) is 0 Å². The van der Waals surface area contributed by atoms with E-state index < -0.39 is 0 Å². The van der Waals surface area contributed by atoms with E-state index in [1.807, 2.05) is 4.90 Å². The van der Waals surface area contributed by atoms with Crippen LogP contribution in [-0.4, -0.2) is 47.0 Å². The normalized spacial score (nSPS) is 18.8. The Morgan fingerprint density at radius 3 is 2.87 bits per heavy atom. The van der Waals surface area contributed by atoms with Crippen LogP contribution in [0.1, 0.15) is 41.2 Å². The molecule has 120 valence electrons. The monoisotopic (exact) mass is 312 g/mol. The van der Waals surface area contributed by atoms with Crippen LogP contribution in [0.25, 0.3) is 0 Å². The van der Waals surface area contributed by atoms with Gasteiger partial charge in [0, 0.05) is 43.9 Å². The van der Waals surface area contributed by atoms with E-state index in [2.05, 4.69) is 20.9 Å². The summed E-state index contributed by atoms with van der Waals surface area (Å²) in [6.07, 6.45) is 8.14. The van der Waals surface area contributed by atoms with E-state index in [0.29, 0.717) is 18.0 Å². The van der Waals surface area contributed by atoms with E-state index in [-0.39, 0.29) is 5.91 Å². The fraction of sp³-hybridized carbons (Fsp3) is 0.471. The summed E-state index contributed by atoms with van der Waals surface area (Å²) < 4.78 is 5.01. The third kappa shape index (κ3) is 3.06. The number of carbonyl (C=O) groups excluding carboxylic acids is 1. The number of hydrogen-bond donors (Lipinski definition) is 0. The van der Waals surface area contributed by atoms with Crippen LogP contribution in [0.15, 0.2) is 35.4 Å². The summed E-state index contributed by atoms with van der Waals surface area (Å²) >= 11 is 0. The van der Waals surface area contributed by atoms with Gasteiger partial charge in [-0.3, -0.25) is 4.79 Å². The van der Waals surface area contributed by atoms with Gasteiger partial charge in [0.05, 0.1) is 11.8 Å². The lowest BCUT2D eigenvalue weighted by molar-refractivity contribution is 0.0766. The molecule has 1 amide bonds. The first kappa shape index (κ1) is 14.2. The van der Waals surface area contributed by atoms with Crippen molar-refractivity contribution in [2.75, 3.05) is 31.1 Å². The molecule has 1 aliphatic heterocycles. The molecule has 0 atom stereocenters. The fourth-order valence-corrected chi connectivity index (χ4v) is 3.06. The van der Waals surface area contributed by atoms with Gasteiger partial charge in [0.2, 0.25) is 0 Å². The molecule has 2 aromatic rings. The first-order valence-corrected chi connectivity index (χ1v) is 8.19. The van der Waals surface area contributed by atoms with Crippen molar-refractivity contribution in [3.8, 4) is 0 Å². The van der Waals surface area contributed by atoms with Crippen molar-refractivity contribution in [3.63, 3.8) is 0 Å². The Morgan fingerprint density at radius 2 is 2.09 bits per heavy atom. The van der Waals surface area contributed by atoms with Crippen LogP contribution in [0.2, 0.25) is 0 Å². The quantitative estimate of drug-likeness (QED) is 0.870. The summed E-state index contributed by atoms with van der Waals surface area (Å²) in [5.41, 5.74) is 1.78. The van der Waals surface area contributed by atoms with Crippen molar-refractivity contribution in [1.82, 2.24) is 14.9 Å². The summed E-state index contributed by atoms with van der Waals surface area (Å²) in [6, 6.07) is 3.84. The van der Waals surface area contributed by atoms with E-state index in [0.717, 1.165) is 37.6 Å². The Labute approximate surface area is 135 Å². The summed E-state index contributed by atoms with van der Waals surface area (Å²) in [5.74, 6) is 1.66. The molecular weight excluding hydrogens is 292 g/mol. The molecule has 0 spiro atoms. The molecule has 0 aromatic carbocycles. The zero-order valence-corrected chi connectivity index (χ0v) is 13.0. The Bertz CT molecular complexity index is 682. The van der Waals surface area contributed by atoms with Crippen molar-refractivity contribution in [2.45, 2.75) is 25.2 Å². The van der Waals surface area contributed by atoms with Crippen LogP contribution < -0.4 is 4.90 Å². The minimum Gasteiger partial charge on any atom is -0.472 e. The van der Waals surface area contributed by atoms with Gasteiger partial charge in [0.25, 0.3) is 5.91 Å². The highest BCUT2D eigenvalue weighted by Crippen LogP contribution is 2.39. The van der Waals surface area contributed by atoms with E-state index in [9.17, 15) is 4.79 Å². The smallest absolute Gasteiger partial charge is 0.257 e. The van der Waals surface area contributed by atoms with E-state index in [1.54, 1.807) is 12.4 Å². The summed E-state index contributed by atoms with van der Waals surface area (Å²) in [4.78, 5) is 25.4. The van der Waals surface area contributed by atoms with Crippen LogP contribution in [0.5, 0.6) is 0 Å². The lowest BCUT2D eigenvalue weighted by Gasteiger charge is -2.22. The van der Waals surface area contributed by atoms with Crippen LogP contribution in [0.4, 0.5) is 5.82 Å². The highest BCUT2D eigenvalue weighted by Gasteiger charge is 2.26. The molecule has 2 aliphatic rings. The highest BCUT2D eigenvalue weighted by atomic mass is 16.3. The molecule has 3 heterocycles. The minimum atomic E-state index is 0.0435. The number of nitrogens with zero attached hydrogens (tertiary/aromatic N) is 4. The molecule has 0 unspecified atom stereocenters. The summed E-state index contributed by atoms with van der Waals surface area (Å²) in [6.45, 7) is 3.18. The predicted molar refractivity (Wildman–Crippen MR) is 85.4 cm³/mol. The molecule has 0 N–H and O–H groups in total. The Balaban J connectivity index is 1.44. The predicted octanol–water partition coefficient (Wildman–Crippen LogP) is 2.30. The molecule has 1 aliphatic carbocycles. The maximum absolute atomic E-state index is 12.4. The van der Waals surface area contributed by atoms with Gasteiger partial charge in [-0.2, -0.15) is 0 Å². The molecule has 23 heavy (non-hydrogen) atoms. The molecule has 4 rings (SSSR count). The second kappa shape index (κ2) is 6.02. The number of hydrogen-bond acceptors (Lipinski definition) is 5. The molecule has 1 saturated heterocycles. The van der Waals surface area contributed by atoms with Gasteiger partial charge in [-0.15, -0.1) is 0 Å². The zero-order valence-electron chi connectivity index (χ0n) is 13.0. The number of carbonyl (C=O) groups is 1. The topological polar surface area (TPSA) is 62.5 Å². The Kier molecular flexibility index (Phi) is 3.73. The number of amides is 1. The lowest BCUT2D eigenvalue weighted by Crippen LogP contribution is -2.35. The number of anilines is 1. The maximum atomic E-state index is 12.4. The van der Waals surface area contributed by atoms with Crippen molar-refractivity contribution < 1.29 is 9.21 Å². The van der Waals surface area contributed by atoms with Gasteiger partial charge in [-0.25, -0.2) is 9.97 Å². The average Bonchev–Trinajstić information content (AvgIpc) is 3.35. The molecule has 1 saturated carbocycles. The second-order valence-corrected chi connectivity index (χ2v) is 6.22. The largest absolute Gasteiger partial charge is 0.472 e. The van der Waals surface area contributed by atoms with Crippen molar-refractivity contribution in [2.24, 2.45) is 0 Å². The Morgan fingerprint density at radius 1 is 1.17 bits per heavy atom. The van der Waals surface area contributed by atoms with Gasteiger partial charge in [-0.05, 0) is 25.3 Å². The Hall–Kier alpha value is -2.37. The second-order valence-electron chi connectivity index (χ2n) is 6.22. The fourth-order valence-electron chi connectivity index (χ4n) is 3.06. The van der Waals surface area contributed by atoms with Crippen LogP contribution >= 0.6 is 0 Å². The zero-order chi connectivity index (χ0) is 15.6. The summed E-state index contributed by atoms with van der Waals surface area (Å²) in [5, 5.41) is 0. The van der Waals surface area contributed by atoms with Crippen molar-refractivity contribution in [1.29, 1.82) is 0 Å². The first-order chi connectivity index (χ1) is 11.3. The standard InChI is InChI=1S/C17H20N4O2/c22-17(14-4-9-23-11-14)21-6-1-5-20(7-8-21)16-10-15(13-2-3-13)18-12-19-16/h4,9-13H,1-3,5-8H2. The molecule has 6 nitrogen and oxygen atoms in total. The minimum absolute atomic E-state index is 0.0435. The highest BCUT2D eigenvalue weighted by molar-refractivity contribution is 5.93. The molecule has 0 bridgehead atoms. The third-order valence-corrected chi connectivity index (χ3v) is 4.54. The third-order valence-electron chi connectivity index (χ3n) is 4.54. The van der Waals surface area contributed by atoms with Crippen LogP contribution in [0.3, 0.4) is 0 Å². The number of aromatic nitrogens is 2.